The Morgan fingerprint density at radius 3 is 2.84 bits per heavy atom. The number of thiophene rings is 1. The number of aliphatic hydroxyl groups is 1. The van der Waals surface area contributed by atoms with Crippen LogP contribution in [0.15, 0.2) is 17.5 Å². The van der Waals surface area contributed by atoms with E-state index in [0.29, 0.717) is 12.8 Å². The molecule has 2 N–H and O–H groups in total. The molecule has 1 aliphatic rings. The molecule has 1 saturated carbocycles. The Morgan fingerprint density at radius 2 is 2.32 bits per heavy atom. The number of nitrogens with one attached hydrogen (secondary N) is 1. The second-order valence-corrected chi connectivity index (χ2v) is 6.28. The summed E-state index contributed by atoms with van der Waals surface area (Å²) < 4.78 is 0. The Balaban J connectivity index is 1.99. The van der Waals surface area contributed by atoms with Crippen LogP contribution in [0.5, 0.6) is 0 Å². The smallest absolute Gasteiger partial charge is 0.240 e. The van der Waals surface area contributed by atoms with Gasteiger partial charge in [0.25, 0.3) is 0 Å². The molecule has 1 aromatic heterocycles. The molecule has 0 aromatic carbocycles. The van der Waals surface area contributed by atoms with Crippen LogP contribution in [-0.4, -0.2) is 17.6 Å². The number of carbonyl (C=O) groups is 1. The summed E-state index contributed by atoms with van der Waals surface area (Å²) in [5, 5.41) is 24.2. The van der Waals surface area contributed by atoms with Gasteiger partial charge in [0.2, 0.25) is 5.91 Å². The minimum absolute atomic E-state index is 0.135. The summed E-state index contributed by atoms with van der Waals surface area (Å²) in [6, 6.07) is 5.86. The lowest BCUT2D eigenvalue weighted by atomic mass is 9.87. The zero-order chi connectivity index (χ0) is 13.9. The van der Waals surface area contributed by atoms with E-state index in [-0.39, 0.29) is 12.5 Å². The summed E-state index contributed by atoms with van der Waals surface area (Å²) in [7, 11) is 0. The van der Waals surface area contributed by atoms with Gasteiger partial charge in [-0.3, -0.25) is 4.79 Å². The molecule has 102 valence electrons. The SMILES string of the molecule is C[C@@](O)(CNC(=O)C1(C#N)CCCC1)c1cccs1. The van der Waals surface area contributed by atoms with Crippen molar-refractivity contribution in [1.29, 1.82) is 5.26 Å². The van der Waals surface area contributed by atoms with Gasteiger partial charge in [-0.25, -0.2) is 0 Å². The molecule has 4 nitrogen and oxygen atoms in total. The number of nitrogens with zero attached hydrogens (tertiary/aromatic N) is 1. The Labute approximate surface area is 117 Å². The summed E-state index contributed by atoms with van der Waals surface area (Å²) in [6.45, 7) is 1.81. The van der Waals surface area contributed by atoms with Crippen LogP contribution in [0.1, 0.15) is 37.5 Å². The maximum Gasteiger partial charge on any atom is 0.240 e. The zero-order valence-electron chi connectivity index (χ0n) is 11.0. The van der Waals surface area contributed by atoms with Gasteiger partial charge in [0, 0.05) is 4.88 Å². The van der Waals surface area contributed by atoms with E-state index in [4.69, 9.17) is 0 Å². The molecule has 1 aliphatic carbocycles. The van der Waals surface area contributed by atoms with Crippen LogP contribution in [0.2, 0.25) is 0 Å². The van der Waals surface area contributed by atoms with Crippen LogP contribution in [0.4, 0.5) is 0 Å². The lowest BCUT2D eigenvalue weighted by molar-refractivity contribution is -0.129. The van der Waals surface area contributed by atoms with Crippen molar-refractivity contribution in [1.82, 2.24) is 5.32 Å². The van der Waals surface area contributed by atoms with Crippen LogP contribution in [0.3, 0.4) is 0 Å². The first kappa shape index (κ1) is 14.0. The fourth-order valence-corrected chi connectivity index (χ4v) is 3.25. The Hall–Kier alpha value is -1.38. The van der Waals surface area contributed by atoms with Crippen molar-refractivity contribution in [3.8, 4) is 6.07 Å². The Morgan fingerprint density at radius 1 is 1.63 bits per heavy atom. The van der Waals surface area contributed by atoms with Crippen LogP contribution in [0, 0.1) is 16.7 Å². The van der Waals surface area contributed by atoms with Crippen LogP contribution in [0.25, 0.3) is 0 Å². The first-order chi connectivity index (χ1) is 9.00. The maximum atomic E-state index is 12.2. The summed E-state index contributed by atoms with van der Waals surface area (Å²) in [5.41, 5.74) is -1.97. The molecule has 19 heavy (non-hydrogen) atoms. The standard InChI is InChI=1S/C14H18N2O2S/c1-13(18,11-5-4-8-19-11)10-16-12(17)14(9-15)6-2-3-7-14/h4-5,8,18H,2-3,6-7,10H2,1H3,(H,16,17)/t13-/m1/s1. The van der Waals surface area contributed by atoms with Crippen molar-refractivity contribution < 1.29 is 9.90 Å². The second kappa shape index (κ2) is 5.32. The van der Waals surface area contributed by atoms with Crippen LogP contribution in [-0.2, 0) is 10.4 Å². The third kappa shape index (κ3) is 2.80. The first-order valence-electron chi connectivity index (χ1n) is 6.46. The molecule has 0 radical (unpaired) electrons. The van der Waals surface area contributed by atoms with Crippen molar-refractivity contribution in [3.63, 3.8) is 0 Å². The van der Waals surface area contributed by atoms with Crippen molar-refractivity contribution >= 4 is 17.2 Å². The molecular weight excluding hydrogens is 260 g/mol. The molecule has 1 atom stereocenters. The highest BCUT2D eigenvalue weighted by atomic mass is 32.1. The molecule has 1 aromatic rings. The van der Waals surface area contributed by atoms with Gasteiger partial charge in [-0.05, 0) is 31.2 Å². The average Bonchev–Trinajstić information content (AvgIpc) is 3.07. The number of hydrogen-bond acceptors (Lipinski definition) is 4. The van der Waals surface area contributed by atoms with Crippen molar-refractivity contribution in [2.45, 2.75) is 38.2 Å². The van der Waals surface area contributed by atoms with Gasteiger partial charge in [-0.15, -0.1) is 11.3 Å². The third-order valence-corrected chi connectivity index (χ3v) is 4.87. The first-order valence-corrected chi connectivity index (χ1v) is 7.34. The normalized spacial score (nSPS) is 20.5. The van der Waals surface area contributed by atoms with E-state index in [1.807, 2.05) is 17.5 Å². The minimum atomic E-state index is -1.08. The Kier molecular flexibility index (Phi) is 3.93. The summed E-state index contributed by atoms with van der Waals surface area (Å²) in [4.78, 5) is 13.0. The topological polar surface area (TPSA) is 73.1 Å². The fourth-order valence-electron chi connectivity index (χ4n) is 2.46. The minimum Gasteiger partial charge on any atom is -0.383 e. The highest BCUT2D eigenvalue weighted by Crippen LogP contribution is 2.37. The number of carbonyl (C=O) groups excluding carboxylic acids is 1. The van der Waals surface area contributed by atoms with E-state index in [1.54, 1.807) is 6.92 Å². The molecule has 1 heterocycles. The van der Waals surface area contributed by atoms with E-state index in [1.165, 1.54) is 11.3 Å². The van der Waals surface area contributed by atoms with E-state index in [9.17, 15) is 15.2 Å². The number of rotatable bonds is 4. The second-order valence-electron chi connectivity index (χ2n) is 5.33. The monoisotopic (exact) mass is 278 g/mol. The third-order valence-electron chi connectivity index (χ3n) is 3.75. The van der Waals surface area contributed by atoms with Crippen LogP contribution >= 0.6 is 11.3 Å². The van der Waals surface area contributed by atoms with Gasteiger partial charge in [0.05, 0.1) is 12.6 Å². The van der Waals surface area contributed by atoms with E-state index < -0.39 is 11.0 Å². The van der Waals surface area contributed by atoms with Crippen molar-refractivity contribution in [2.24, 2.45) is 5.41 Å². The van der Waals surface area contributed by atoms with Gasteiger partial charge >= 0.3 is 0 Å². The predicted octanol–water partition coefficient (Wildman–Crippen LogP) is 2.16. The van der Waals surface area contributed by atoms with Gasteiger partial charge in [0.15, 0.2) is 0 Å². The van der Waals surface area contributed by atoms with E-state index >= 15 is 0 Å². The predicted molar refractivity (Wildman–Crippen MR) is 73.4 cm³/mol. The quantitative estimate of drug-likeness (QED) is 0.886. The van der Waals surface area contributed by atoms with Gasteiger partial charge in [-0.2, -0.15) is 5.26 Å². The lowest BCUT2D eigenvalue weighted by Crippen LogP contribution is -2.44. The molecule has 0 unspecified atom stereocenters. The number of amides is 1. The molecule has 1 fully saturated rings. The maximum absolute atomic E-state index is 12.2. The van der Waals surface area contributed by atoms with E-state index in [2.05, 4.69) is 11.4 Å². The molecule has 0 saturated heterocycles. The lowest BCUT2D eigenvalue weighted by Gasteiger charge is -2.25. The van der Waals surface area contributed by atoms with Crippen molar-refractivity contribution in [3.05, 3.63) is 22.4 Å². The van der Waals surface area contributed by atoms with Gasteiger partial charge in [-0.1, -0.05) is 18.9 Å². The fraction of sp³-hybridized carbons (Fsp3) is 0.571. The van der Waals surface area contributed by atoms with Crippen LogP contribution < -0.4 is 5.32 Å². The Bertz CT molecular complexity index is 482. The molecule has 5 heteroatoms. The van der Waals surface area contributed by atoms with E-state index in [0.717, 1.165) is 17.7 Å². The summed E-state index contributed by atoms with van der Waals surface area (Å²) in [5.74, 6) is -0.246. The molecule has 1 amide bonds. The van der Waals surface area contributed by atoms with Crippen molar-refractivity contribution in [2.75, 3.05) is 6.54 Å². The average molecular weight is 278 g/mol. The summed E-state index contributed by atoms with van der Waals surface area (Å²) in [6.07, 6.45) is 3.08. The highest BCUT2D eigenvalue weighted by molar-refractivity contribution is 7.10. The summed E-state index contributed by atoms with van der Waals surface area (Å²) >= 11 is 1.45. The van der Waals surface area contributed by atoms with Gasteiger partial charge in [0.1, 0.15) is 11.0 Å². The number of nitriles is 1. The molecule has 0 bridgehead atoms. The zero-order valence-corrected chi connectivity index (χ0v) is 11.8. The molecular formula is C14H18N2O2S. The molecule has 0 aliphatic heterocycles. The molecule has 2 rings (SSSR count). The highest BCUT2D eigenvalue weighted by Gasteiger charge is 2.42. The van der Waals surface area contributed by atoms with Gasteiger partial charge < -0.3 is 10.4 Å². The number of hydrogen-bond donors (Lipinski definition) is 2. The largest absolute Gasteiger partial charge is 0.383 e. The molecule has 0 spiro atoms.